The van der Waals surface area contributed by atoms with Crippen molar-refractivity contribution in [2.24, 2.45) is 0 Å². The Morgan fingerprint density at radius 3 is 2.81 bits per heavy atom. The molecule has 114 valence electrons. The minimum Gasteiger partial charge on any atom is -0.478 e. The number of carbonyl (C=O) groups excluding carboxylic acids is 1. The van der Waals surface area contributed by atoms with Gasteiger partial charge in [-0.2, -0.15) is 0 Å². The van der Waals surface area contributed by atoms with Gasteiger partial charge >= 0.3 is 5.97 Å². The number of hydrogen-bond acceptors (Lipinski definition) is 3. The number of carbonyl (C=O) groups is 2. The van der Waals surface area contributed by atoms with Gasteiger partial charge in [-0.15, -0.1) is 0 Å². The van der Waals surface area contributed by atoms with Gasteiger partial charge in [-0.1, -0.05) is 18.2 Å². The fourth-order valence-corrected chi connectivity index (χ4v) is 2.66. The Morgan fingerprint density at radius 1 is 1.38 bits per heavy atom. The van der Waals surface area contributed by atoms with Gasteiger partial charge in [-0.25, -0.2) is 4.79 Å². The summed E-state index contributed by atoms with van der Waals surface area (Å²) in [6, 6.07) is 7.24. The van der Waals surface area contributed by atoms with Crippen molar-refractivity contribution < 1.29 is 14.7 Å². The van der Waals surface area contributed by atoms with Gasteiger partial charge in [0.15, 0.2) is 0 Å². The van der Waals surface area contributed by atoms with E-state index in [4.69, 9.17) is 5.11 Å². The Kier molecular flexibility index (Phi) is 5.33. The number of likely N-dealkylation sites (N-methyl/N-ethyl adjacent to an activating group) is 1. The van der Waals surface area contributed by atoms with E-state index in [0.717, 1.165) is 24.9 Å². The Hall–Kier alpha value is -1.88. The fourth-order valence-electron chi connectivity index (χ4n) is 2.66. The summed E-state index contributed by atoms with van der Waals surface area (Å²) in [5, 5.41) is 12.5. The highest BCUT2D eigenvalue weighted by Crippen LogP contribution is 2.12. The SMILES string of the molecule is CN(CCc1ccccc1C(=O)O)C(=O)CC1CCCN1. The third kappa shape index (κ3) is 4.29. The second-order valence-corrected chi connectivity index (χ2v) is 5.52. The molecule has 1 unspecified atom stereocenters. The molecule has 1 fully saturated rings. The average molecular weight is 290 g/mol. The first-order valence-corrected chi connectivity index (χ1v) is 7.36. The molecule has 1 aromatic carbocycles. The summed E-state index contributed by atoms with van der Waals surface area (Å²) >= 11 is 0. The molecule has 0 radical (unpaired) electrons. The number of amides is 1. The standard InChI is InChI=1S/C16H22N2O3/c1-18(15(19)11-13-6-4-9-17-13)10-8-12-5-2-3-7-14(12)16(20)21/h2-3,5,7,13,17H,4,6,8-11H2,1H3,(H,20,21). The topological polar surface area (TPSA) is 69.6 Å². The van der Waals surface area contributed by atoms with Crippen LogP contribution >= 0.6 is 0 Å². The summed E-state index contributed by atoms with van der Waals surface area (Å²) in [5.41, 5.74) is 1.08. The summed E-state index contributed by atoms with van der Waals surface area (Å²) in [7, 11) is 1.78. The minimum absolute atomic E-state index is 0.113. The predicted molar refractivity (Wildman–Crippen MR) is 80.4 cm³/mol. The molecule has 1 aromatic rings. The summed E-state index contributed by atoms with van der Waals surface area (Å²) in [6.07, 6.45) is 3.27. The van der Waals surface area contributed by atoms with Crippen LogP contribution in [-0.4, -0.2) is 48.1 Å². The van der Waals surface area contributed by atoms with Crippen LogP contribution in [0.3, 0.4) is 0 Å². The lowest BCUT2D eigenvalue weighted by Crippen LogP contribution is -2.34. The van der Waals surface area contributed by atoms with E-state index >= 15 is 0 Å². The highest BCUT2D eigenvalue weighted by molar-refractivity contribution is 5.89. The number of nitrogens with zero attached hydrogens (tertiary/aromatic N) is 1. The molecule has 0 aliphatic carbocycles. The molecule has 2 N–H and O–H groups in total. The molecule has 5 heteroatoms. The Morgan fingerprint density at radius 2 is 2.14 bits per heavy atom. The molecular weight excluding hydrogens is 268 g/mol. The van der Waals surface area contributed by atoms with Crippen molar-refractivity contribution in [3.05, 3.63) is 35.4 Å². The van der Waals surface area contributed by atoms with Crippen LogP contribution in [0.25, 0.3) is 0 Å². The van der Waals surface area contributed by atoms with Gasteiger partial charge in [-0.3, -0.25) is 4.79 Å². The first kappa shape index (κ1) is 15.5. The minimum atomic E-state index is -0.922. The van der Waals surface area contributed by atoms with Gasteiger partial charge in [0, 0.05) is 26.1 Å². The van der Waals surface area contributed by atoms with E-state index < -0.39 is 5.97 Å². The molecule has 1 heterocycles. The molecule has 21 heavy (non-hydrogen) atoms. The Bertz CT molecular complexity index is 510. The van der Waals surface area contributed by atoms with Crippen molar-refractivity contribution in [2.75, 3.05) is 20.1 Å². The highest BCUT2D eigenvalue weighted by atomic mass is 16.4. The predicted octanol–water partition coefficient (Wildman–Crippen LogP) is 1.53. The van der Waals surface area contributed by atoms with Crippen molar-refractivity contribution in [3.8, 4) is 0 Å². The fraction of sp³-hybridized carbons (Fsp3) is 0.500. The number of hydrogen-bond donors (Lipinski definition) is 2. The molecular formula is C16H22N2O3. The Balaban J connectivity index is 1.87. The maximum atomic E-state index is 12.1. The monoisotopic (exact) mass is 290 g/mol. The van der Waals surface area contributed by atoms with E-state index in [9.17, 15) is 9.59 Å². The van der Waals surface area contributed by atoms with Crippen LogP contribution in [0.2, 0.25) is 0 Å². The number of rotatable bonds is 6. The van der Waals surface area contributed by atoms with Crippen LogP contribution in [-0.2, 0) is 11.2 Å². The van der Waals surface area contributed by atoms with Crippen molar-refractivity contribution in [3.63, 3.8) is 0 Å². The van der Waals surface area contributed by atoms with Gasteiger partial charge in [-0.05, 0) is 37.4 Å². The lowest BCUT2D eigenvalue weighted by atomic mass is 10.0. The van der Waals surface area contributed by atoms with Crippen LogP contribution in [0, 0.1) is 0 Å². The second-order valence-electron chi connectivity index (χ2n) is 5.52. The van der Waals surface area contributed by atoms with Gasteiger partial charge in [0.05, 0.1) is 5.56 Å². The third-order valence-corrected chi connectivity index (χ3v) is 3.97. The summed E-state index contributed by atoms with van der Waals surface area (Å²) < 4.78 is 0. The molecule has 1 amide bonds. The number of aromatic carboxylic acids is 1. The Labute approximate surface area is 125 Å². The second kappa shape index (κ2) is 7.22. The molecule has 1 aliphatic heterocycles. The van der Waals surface area contributed by atoms with E-state index in [1.165, 1.54) is 0 Å². The first-order chi connectivity index (χ1) is 10.1. The largest absolute Gasteiger partial charge is 0.478 e. The van der Waals surface area contributed by atoms with Gasteiger partial charge in [0.2, 0.25) is 5.91 Å². The molecule has 0 bridgehead atoms. The lowest BCUT2D eigenvalue weighted by molar-refractivity contribution is -0.130. The van der Waals surface area contributed by atoms with Gasteiger partial charge in [0.25, 0.3) is 0 Å². The van der Waals surface area contributed by atoms with E-state index in [-0.39, 0.29) is 5.91 Å². The zero-order valence-electron chi connectivity index (χ0n) is 12.3. The molecule has 0 spiro atoms. The van der Waals surface area contributed by atoms with Crippen molar-refractivity contribution >= 4 is 11.9 Å². The van der Waals surface area contributed by atoms with Gasteiger partial charge in [0.1, 0.15) is 0 Å². The van der Waals surface area contributed by atoms with Crippen LogP contribution in [0.5, 0.6) is 0 Å². The van der Waals surface area contributed by atoms with E-state index in [2.05, 4.69) is 5.32 Å². The van der Waals surface area contributed by atoms with Crippen LogP contribution in [0.15, 0.2) is 24.3 Å². The van der Waals surface area contributed by atoms with E-state index in [1.807, 2.05) is 6.07 Å². The normalized spacial score (nSPS) is 17.7. The van der Waals surface area contributed by atoms with E-state index in [1.54, 1.807) is 30.1 Å². The van der Waals surface area contributed by atoms with Crippen LogP contribution in [0.1, 0.15) is 35.2 Å². The van der Waals surface area contributed by atoms with Crippen LogP contribution < -0.4 is 5.32 Å². The van der Waals surface area contributed by atoms with Crippen molar-refractivity contribution in [1.29, 1.82) is 0 Å². The lowest BCUT2D eigenvalue weighted by Gasteiger charge is -2.20. The molecule has 1 aliphatic rings. The number of benzene rings is 1. The molecule has 0 saturated carbocycles. The number of carboxylic acids is 1. The number of nitrogens with one attached hydrogen (secondary N) is 1. The summed E-state index contributed by atoms with van der Waals surface area (Å²) in [6.45, 7) is 1.53. The molecule has 2 rings (SSSR count). The molecule has 1 atom stereocenters. The average Bonchev–Trinajstić information content (AvgIpc) is 2.97. The van der Waals surface area contributed by atoms with Crippen molar-refractivity contribution in [2.45, 2.75) is 31.7 Å². The summed E-state index contributed by atoms with van der Waals surface area (Å²) in [4.78, 5) is 24.9. The maximum absolute atomic E-state index is 12.1. The smallest absolute Gasteiger partial charge is 0.335 e. The maximum Gasteiger partial charge on any atom is 0.335 e. The zero-order chi connectivity index (χ0) is 15.2. The quantitative estimate of drug-likeness (QED) is 0.833. The number of carboxylic acid groups (broad SMARTS) is 1. The molecule has 5 nitrogen and oxygen atoms in total. The zero-order valence-corrected chi connectivity index (χ0v) is 12.3. The van der Waals surface area contributed by atoms with Crippen molar-refractivity contribution in [1.82, 2.24) is 10.2 Å². The third-order valence-electron chi connectivity index (χ3n) is 3.97. The first-order valence-electron chi connectivity index (χ1n) is 7.36. The van der Waals surface area contributed by atoms with E-state index in [0.29, 0.717) is 31.0 Å². The highest BCUT2D eigenvalue weighted by Gasteiger charge is 2.20. The molecule has 1 saturated heterocycles. The van der Waals surface area contributed by atoms with Gasteiger partial charge < -0.3 is 15.3 Å². The molecule has 0 aromatic heterocycles. The summed E-state index contributed by atoms with van der Waals surface area (Å²) in [5.74, 6) is -0.808. The van der Waals surface area contributed by atoms with Crippen LogP contribution in [0.4, 0.5) is 0 Å².